The Morgan fingerprint density at radius 2 is 2.14 bits per heavy atom. The van der Waals surface area contributed by atoms with Crippen molar-refractivity contribution in [3.05, 3.63) is 35.3 Å². The maximum Gasteiger partial charge on any atom is 0.410 e. The predicted molar refractivity (Wildman–Crippen MR) is 83.3 cm³/mol. The minimum absolute atomic E-state index is 0.309. The topological polar surface area (TPSA) is 59.7 Å². The highest BCUT2D eigenvalue weighted by Crippen LogP contribution is 2.31. The molecule has 0 aromatic carbocycles. The van der Waals surface area contributed by atoms with Gasteiger partial charge < -0.3 is 4.74 Å². The molecule has 0 saturated carbocycles. The highest BCUT2D eigenvalue weighted by atomic mass is 16.6. The molecule has 3 rings (SSSR count). The molecule has 0 aliphatic carbocycles. The number of carbonyl (C=O) groups is 1. The molecule has 0 unspecified atom stereocenters. The highest BCUT2D eigenvalue weighted by Gasteiger charge is 2.31. The third-order valence-corrected chi connectivity index (χ3v) is 3.79. The Kier molecular flexibility index (Phi) is 3.20. The van der Waals surface area contributed by atoms with Crippen LogP contribution < -0.4 is 0 Å². The van der Waals surface area contributed by atoms with Crippen molar-refractivity contribution in [2.45, 2.75) is 46.4 Å². The Balaban J connectivity index is 2.01. The number of fused-ring (bicyclic) bond motifs is 3. The smallest absolute Gasteiger partial charge is 0.410 e. The van der Waals surface area contributed by atoms with Crippen LogP contribution in [0.3, 0.4) is 0 Å². The zero-order chi connectivity index (χ0) is 16.1. The lowest BCUT2D eigenvalue weighted by Crippen LogP contribution is -2.33. The number of rotatable bonds is 1. The van der Waals surface area contributed by atoms with Crippen LogP contribution in [0.1, 0.15) is 43.2 Å². The molecule has 3 heterocycles. The van der Waals surface area contributed by atoms with Crippen molar-refractivity contribution in [2.24, 2.45) is 0 Å². The molecule has 2 aromatic heterocycles. The molecule has 1 aliphatic rings. The molecule has 6 heteroatoms. The third-order valence-electron chi connectivity index (χ3n) is 3.79. The molecule has 0 radical (unpaired) electrons. The summed E-state index contributed by atoms with van der Waals surface area (Å²) in [4.78, 5) is 18.3. The Morgan fingerprint density at radius 3 is 2.77 bits per heavy atom. The molecule has 0 spiro atoms. The van der Waals surface area contributed by atoms with Crippen LogP contribution in [-0.4, -0.2) is 31.2 Å². The van der Waals surface area contributed by atoms with E-state index >= 15 is 0 Å². The molecule has 0 fully saturated rings. The van der Waals surface area contributed by atoms with Crippen LogP contribution in [0.15, 0.2) is 12.9 Å². The van der Waals surface area contributed by atoms with Crippen LogP contribution in [-0.2, 0) is 17.8 Å². The first kappa shape index (κ1) is 14.6. The SMILES string of the molecule is C=Cc1c(C)c2c(n3ncnc13)CN(C(=O)OC(C)(C)C)C2. The van der Waals surface area contributed by atoms with Crippen molar-refractivity contribution in [3.63, 3.8) is 0 Å². The van der Waals surface area contributed by atoms with E-state index in [-0.39, 0.29) is 6.09 Å². The van der Waals surface area contributed by atoms with Crippen molar-refractivity contribution in [1.29, 1.82) is 0 Å². The fraction of sp³-hybridized carbons (Fsp3) is 0.438. The maximum absolute atomic E-state index is 12.3. The molecule has 1 aliphatic heterocycles. The van der Waals surface area contributed by atoms with Gasteiger partial charge >= 0.3 is 6.09 Å². The molecule has 6 nitrogen and oxygen atoms in total. The second-order valence-electron chi connectivity index (χ2n) is 6.50. The summed E-state index contributed by atoms with van der Waals surface area (Å²) in [5.74, 6) is 0. The highest BCUT2D eigenvalue weighted by molar-refractivity contribution is 5.73. The molecule has 116 valence electrons. The predicted octanol–water partition coefficient (Wildman–Crippen LogP) is 2.93. The van der Waals surface area contributed by atoms with Crippen LogP contribution in [0, 0.1) is 6.92 Å². The van der Waals surface area contributed by atoms with Crippen molar-refractivity contribution < 1.29 is 9.53 Å². The fourth-order valence-corrected chi connectivity index (χ4v) is 2.80. The number of aromatic nitrogens is 3. The molecule has 0 atom stereocenters. The summed E-state index contributed by atoms with van der Waals surface area (Å²) < 4.78 is 7.26. The molecule has 0 saturated heterocycles. The van der Waals surface area contributed by atoms with Crippen molar-refractivity contribution in [2.75, 3.05) is 0 Å². The van der Waals surface area contributed by atoms with Crippen LogP contribution in [0.2, 0.25) is 0 Å². The number of carbonyl (C=O) groups excluding carboxylic acids is 1. The van der Waals surface area contributed by atoms with E-state index in [1.165, 1.54) is 6.33 Å². The molecule has 1 amide bonds. The van der Waals surface area contributed by atoms with Crippen LogP contribution in [0.5, 0.6) is 0 Å². The average Bonchev–Trinajstić information content (AvgIpc) is 3.03. The monoisotopic (exact) mass is 300 g/mol. The van der Waals surface area contributed by atoms with Crippen molar-refractivity contribution in [1.82, 2.24) is 19.5 Å². The van der Waals surface area contributed by atoms with E-state index < -0.39 is 5.60 Å². The molecule has 22 heavy (non-hydrogen) atoms. The summed E-state index contributed by atoms with van der Waals surface area (Å²) in [5, 5.41) is 4.29. The van der Waals surface area contributed by atoms with Crippen molar-refractivity contribution in [3.8, 4) is 0 Å². The zero-order valence-corrected chi connectivity index (χ0v) is 13.4. The lowest BCUT2D eigenvalue weighted by molar-refractivity contribution is 0.0240. The number of hydrogen-bond acceptors (Lipinski definition) is 4. The van der Waals surface area contributed by atoms with Crippen molar-refractivity contribution >= 4 is 17.8 Å². The van der Waals surface area contributed by atoms with Crippen LogP contribution >= 0.6 is 0 Å². The van der Waals surface area contributed by atoms with Gasteiger partial charge in [0.2, 0.25) is 0 Å². The van der Waals surface area contributed by atoms with Gasteiger partial charge in [0.25, 0.3) is 0 Å². The molecule has 2 aromatic rings. The number of pyridine rings is 1. The van der Waals surface area contributed by atoms with Gasteiger partial charge in [-0.05, 0) is 38.8 Å². The van der Waals surface area contributed by atoms with E-state index in [9.17, 15) is 4.79 Å². The van der Waals surface area contributed by atoms with Gasteiger partial charge in [-0.15, -0.1) is 0 Å². The van der Waals surface area contributed by atoms with Gasteiger partial charge in [0, 0.05) is 5.56 Å². The number of nitrogens with zero attached hydrogens (tertiary/aromatic N) is 4. The maximum atomic E-state index is 12.3. The van der Waals surface area contributed by atoms with Gasteiger partial charge in [0.1, 0.15) is 11.9 Å². The minimum atomic E-state index is -0.504. The van der Waals surface area contributed by atoms with E-state index in [2.05, 4.69) is 16.7 Å². The normalized spacial score (nSPS) is 14.3. The Labute approximate surface area is 129 Å². The van der Waals surface area contributed by atoms with Gasteiger partial charge in [0.15, 0.2) is 5.65 Å². The summed E-state index contributed by atoms with van der Waals surface area (Å²) >= 11 is 0. The molecular weight excluding hydrogens is 280 g/mol. The average molecular weight is 300 g/mol. The van der Waals surface area contributed by atoms with E-state index in [0.717, 1.165) is 28.0 Å². The van der Waals surface area contributed by atoms with Gasteiger partial charge in [-0.25, -0.2) is 14.3 Å². The Bertz CT molecular complexity index is 771. The first-order valence-corrected chi connectivity index (χ1v) is 7.26. The summed E-state index contributed by atoms with van der Waals surface area (Å²) in [6.07, 6.45) is 3.00. The van der Waals surface area contributed by atoms with E-state index in [0.29, 0.717) is 13.1 Å². The second kappa shape index (κ2) is 4.83. The summed E-state index contributed by atoms with van der Waals surface area (Å²) in [6, 6.07) is 0. The lowest BCUT2D eigenvalue weighted by atomic mass is 10.0. The zero-order valence-electron chi connectivity index (χ0n) is 13.4. The first-order chi connectivity index (χ1) is 10.3. The van der Waals surface area contributed by atoms with Gasteiger partial charge in [-0.3, -0.25) is 4.90 Å². The van der Waals surface area contributed by atoms with Crippen LogP contribution in [0.25, 0.3) is 11.7 Å². The van der Waals surface area contributed by atoms with Gasteiger partial charge in [0.05, 0.1) is 18.8 Å². The summed E-state index contributed by atoms with van der Waals surface area (Å²) in [6.45, 7) is 12.5. The summed E-state index contributed by atoms with van der Waals surface area (Å²) in [7, 11) is 0. The number of hydrogen-bond donors (Lipinski definition) is 0. The quantitative estimate of drug-likeness (QED) is 0.812. The second-order valence-corrected chi connectivity index (χ2v) is 6.50. The largest absolute Gasteiger partial charge is 0.444 e. The van der Waals surface area contributed by atoms with Gasteiger partial charge in [-0.2, -0.15) is 5.10 Å². The molecular formula is C16H20N4O2. The van der Waals surface area contributed by atoms with E-state index in [1.807, 2.05) is 27.7 Å². The minimum Gasteiger partial charge on any atom is -0.444 e. The first-order valence-electron chi connectivity index (χ1n) is 7.26. The number of ether oxygens (including phenoxy) is 1. The lowest BCUT2D eigenvalue weighted by Gasteiger charge is -2.24. The molecule has 0 bridgehead atoms. The number of amides is 1. The van der Waals surface area contributed by atoms with Gasteiger partial charge in [-0.1, -0.05) is 12.7 Å². The van der Waals surface area contributed by atoms with E-state index in [4.69, 9.17) is 4.74 Å². The standard InChI is InChI=1S/C16H20N4O2/c1-6-11-10(2)12-7-19(15(21)22-16(3,4)5)8-13(12)20-14(11)17-9-18-20/h6,9H,1,7-8H2,2-5H3. The third kappa shape index (κ3) is 2.24. The van der Waals surface area contributed by atoms with E-state index in [1.54, 1.807) is 15.5 Å². The molecule has 0 N–H and O–H groups in total. The van der Waals surface area contributed by atoms with Crippen LogP contribution in [0.4, 0.5) is 4.79 Å². The Morgan fingerprint density at radius 1 is 1.41 bits per heavy atom. The summed E-state index contributed by atoms with van der Waals surface area (Å²) in [5.41, 5.74) is 4.41. The Hall–Kier alpha value is -2.37. The fourth-order valence-electron chi connectivity index (χ4n) is 2.80.